The number of ether oxygens (including phenoxy) is 1. The average molecular weight is 289 g/mol. The third-order valence-electron chi connectivity index (χ3n) is 3.19. The fourth-order valence-electron chi connectivity index (χ4n) is 2.15. The zero-order chi connectivity index (χ0) is 14.3. The van der Waals surface area contributed by atoms with Crippen molar-refractivity contribution in [2.45, 2.75) is 5.37 Å². The molecule has 5 nitrogen and oxygen atoms in total. The molecule has 6 heteroatoms. The van der Waals surface area contributed by atoms with Crippen molar-refractivity contribution in [1.82, 2.24) is 4.90 Å². The molecule has 1 aromatic rings. The number of carbonyl (C=O) groups excluding carboxylic acids is 1. The Balaban J connectivity index is 1.82. The number of rotatable bonds is 3. The van der Waals surface area contributed by atoms with Gasteiger partial charge in [0.1, 0.15) is 16.8 Å². The van der Waals surface area contributed by atoms with Gasteiger partial charge in [-0.05, 0) is 23.8 Å². The van der Waals surface area contributed by atoms with Gasteiger partial charge in [-0.3, -0.25) is 9.69 Å². The molecule has 2 heterocycles. The lowest BCUT2D eigenvalue weighted by atomic mass is 10.0. The number of hydrogen-bond acceptors (Lipinski definition) is 4. The molecule has 0 aromatic heterocycles. The van der Waals surface area contributed by atoms with Crippen LogP contribution in [0.2, 0.25) is 0 Å². The minimum atomic E-state index is -1.07. The summed E-state index contributed by atoms with van der Waals surface area (Å²) in [5.41, 5.74) is 1.56. The maximum absolute atomic E-state index is 12.0. The van der Waals surface area contributed by atoms with Crippen molar-refractivity contribution in [3.63, 3.8) is 0 Å². The van der Waals surface area contributed by atoms with Gasteiger partial charge in [-0.1, -0.05) is 12.1 Å². The van der Waals surface area contributed by atoms with E-state index in [1.807, 2.05) is 24.3 Å². The van der Waals surface area contributed by atoms with E-state index in [2.05, 4.69) is 0 Å². The van der Waals surface area contributed by atoms with Crippen molar-refractivity contribution in [1.29, 1.82) is 0 Å². The third kappa shape index (κ3) is 1.89. The molecule has 20 heavy (non-hydrogen) atoms. The quantitative estimate of drug-likeness (QED) is 0.680. The Bertz CT molecular complexity index is 648. The lowest BCUT2D eigenvalue weighted by molar-refractivity contribution is -0.141. The molecule has 3 rings (SSSR count). The van der Waals surface area contributed by atoms with E-state index in [1.54, 1.807) is 13.2 Å². The second kappa shape index (κ2) is 4.72. The lowest BCUT2D eigenvalue weighted by Crippen LogP contribution is -2.51. The van der Waals surface area contributed by atoms with Crippen molar-refractivity contribution in [2.24, 2.45) is 0 Å². The Morgan fingerprint density at radius 3 is 2.70 bits per heavy atom. The molecule has 0 radical (unpaired) electrons. The Hall–Kier alpha value is -2.21. The predicted molar refractivity (Wildman–Crippen MR) is 74.9 cm³/mol. The molecule has 1 saturated heterocycles. The van der Waals surface area contributed by atoms with E-state index in [0.29, 0.717) is 5.57 Å². The van der Waals surface area contributed by atoms with E-state index >= 15 is 0 Å². The number of fused-ring (bicyclic) bond motifs is 1. The SMILES string of the molecule is COc1ccc(C=C2C(=O)N3C(C(=O)O)=CS[C@H]23)cc1. The van der Waals surface area contributed by atoms with E-state index < -0.39 is 5.97 Å². The monoisotopic (exact) mass is 289 g/mol. The zero-order valence-corrected chi connectivity index (χ0v) is 11.4. The first-order valence-electron chi connectivity index (χ1n) is 5.90. The number of carboxylic acid groups (broad SMARTS) is 1. The van der Waals surface area contributed by atoms with Crippen molar-refractivity contribution < 1.29 is 19.4 Å². The van der Waals surface area contributed by atoms with Crippen LogP contribution in [0.5, 0.6) is 5.75 Å². The van der Waals surface area contributed by atoms with E-state index in [-0.39, 0.29) is 17.0 Å². The molecule has 0 spiro atoms. The van der Waals surface area contributed by atoms with Gasteiger partial charge in [0.15, 0.2) is 0 Å². The summed E-state index contributed by atoms with van der Waals surface area (Å²) < 4.78 is 5.07. The number of methoxy groups -OCH3 is 1. The van der Waals surface area contributed by atoms with E-state index in [1.165, 1.54) is 22.1 Å². The highest BCUT2D eigenvalue weighted by Gasteiger charge is 2.49. The minimum Gasteiger partial charge on any atom is -0.497 e. The van der Waals surface area contributed by atoms with E-state index in [9.17, 15) is 9.59 Å². The smallest absolute Gasteiger partial charge is 0.353 e. The molecular weight excluding hydrogens is 278 g/mol. The van der Waals surface area contributed by atoms with Gasteiger partial charge in [-0.15, -0.1) is 11.8 Å². The summed E-state index contributed by atoms with van der Waals surface area (Å²) in [6, 6.07) is 7.34. The molecule has 2 aliphatic heterocycles. The first-order valence-corrected chi connectivity index (χ1v) is 6.84. The fourth-order valence-corrected chi connectivity index (χ4v) is 3.26. The van der Waals surface area contributed by atoms with E-state index in [4.69, 9.17) is 9.84 Å². The first-order chi connectivity index (χ1) is 9.61. The standard InChI is InChI=1S/C14H11NO4S/c1-19-9-4-2-8(3-5-9)6-10-12(16)15-11(14(17)18)7-20-13(10)15/h2-7,13H,1H3,(H,17,18)/t13-/m1/s1. The highest BCUT2D eigenvalue weighted by Crippen LogP contribution is 2.45. The molecule has 0 aliphatic carbocycles. The van der Waals surface area contributed by atoms with Gasteiger partial charge in [0.05, 0.1) is 12.7 Å². The average Bonchev–Trinajstić information content (AvgIpc) is 2.86. The Kier molecular flexibility index (Phi) is 3.02. The summed E-state index contributed by atoms with van der Waals surface area (Å²) in [6.45, 7) is 0. The van der Waals surface area contributed by atoms with Crippen molar-refractivity contribution in [3.8, 4) is 5.75 Å². The van der Waals surface area contributed by atoms with Crippen molar-refractivity contribution in [2.75, 3.05) is 7.11 Å². The van der Waals surface area contributed by atoms with Crippen LogP contribution in [0, 0.1) is 0 Å². The van der Waals surface area contributed by atoms with E-state index in [0.717, 1.165) is 11.3 Å². The van der Waals surface area contributed by atoms with Gasteiger partial charge in [-0.2, -0.15) is 0 Å². The second-order valence-electron chi connectivity index (χ2n) is 4.34. The number of carbonyl (C=O) groups is 2. The molecule has 1 aromatic carbocycles. The fraction of sp³-hybridized carbons (Fsp3) is 0.143. The number of thioether (sulfide) groups is 1. The third-order valence-corrected chi connectivity index (χ3v) is 4.27. The van der Waals surface area contributed by atoms with Gasteiger partial charge >= 0.3 is 5.97 Å². The molecule has 0 saturated carbocycles. The van der Waals surface area contributed by atoms with Crippen LogP contribution in [-0.4, -0.2) is 34.4 Å². The molecular formula is C14H11NO4S. The summed E-state index contributed by atoms with van der Waals surface area (Å²) in [6.07, 6.45) is 1.79. The van der Waals surface area contributed by atoms with Gasteiger partial charge < -0.3 is 9.84 Å². The number of aliphatic carboxylic acids is 1. The summed E-state index contributed by atoms with van der Waals surface area (Å²) in [4.78, 5) is 24.3. The number of benzene rings is 1. The Morgan fingerprint density at radius 1 is 1.40 bits per heavy atom. The molecule has 1 N–H and O–H groups in total. The van der Waals surface area contributed by atoms with Crippen molar-refractivity contribution in [3.05, 3.63) is 46.5 Å². The van der Waals surface area contributed by atoms with Crippen LogP contribution in [0.3, 0.4) is 0 Å². The lowest BCUT2D eigenvalue weighted by Gasteiger charge is -2.37. The molecule has 1 fully saturated rings. The van der Waals surface area contributed by atoms with Crippen LogP contribution in [0.4, 0.5) is 0 Å². The molecule has 0 unspecified atom stereocenters. The summed E-state index contributed by atoms with van der Waals surface area (Å²) in [7, 11) is 1.59. The normalized spacial score (nSPS) is 22.4. The Labute approximate surface area is 119 Å². The van der Waals surface area contributed by atoms with Crippen LogP contribution in [0.25, 0.3) is 6.08 Å². The topological polar surface area (TPSA) is 66.8 Å². The molecule has 1 amide bonds. The molecule has 0 bridgehead atoms. The predicted octanol–water partition coefficient (Wildman–Crippen LogP) is 1.92. The van der Waals surface area contributed by atoms with Gasteiger partial charge in [0.2, 0.25) is 0 Å². The highest BCUT2D eigenvalue weighted by atomic mass is 32.2. The molecule has 102 valence electrons. The minimum absolute atomic E-state index is 0.0527. The highest BCUT2D eigenvalue weighted by molar-refractivity contribution is 8.03. The number of carboxylic acids is 1. The largest absolute Gasteiger partial charge is 0.497 e. The van der Waals surface area contributed by atoms with Gasteiger partial charge in [-0.25, -0.2) is 4.79 Å². The number of hydrogen-bond donors (Lipinski definition) is 1. The van der Waals surface area contributed by atoms with Crippen LogP contribution < -0.4 is 4.74 Å². The van der Waals surface area contributed by atoms with Crippen LogP contribution >= 0.6 is 11.8 Å². The number of β-lactam (4-membered cyclic amide) rings is 1. The summed E-state index contributed by atoms with van der Waals surface area (Å²) >= 11 is 1.34. The summed E-state index contributed by atoms with van der Waals surface area (Å²) in [5.74, 6) is -0.569. The maximum Gasteiger partial charge on any atom is 0.353 e. The second-order valence-corrected chi connectivity index (χ2v) is 5.30. The molecule has 2 aliphatic rings. The summed E-state index contributed by atoms with van der Waals surface area (Å²) in [5, 5.41) is 10.3. The first kappa shape index (κ1) is 12.8. The van der Waals surface area contributed by atoms with Crippen LogP contribution in [0.1, 0.15) is 5.56 Å². The van der Waals surface area contributed by atoms with Crippen LogP contribution in [0.15, 0.2) is 40.9 Å². The number of amides is 1. The van der Waals surface area contributed by atoms with Gasteiger partial charge in [0, 0.05) is 5.41 Å². The molecule has 1 atom stereocenters. The maximum atomic E-state index is 12.0. The van der Waals surface area contributed by atoms with Crippen LogP contribution in [-0.2, 0) is 9.59 Å². The van der Waals surface area contributed by atoms with Crippen molar-refractivity contribution >= 4 is 29.7 Å². The Morgan fingerprint density at radius 2 is 2.10 bits per heavy atom. The number of nitrogens with zero attached hydrogens (tertiary/aromatic N) is 1. The zero-order valence-electron chi connectivity index (χ0n) is 10.6. The van der Waals surface area contributed by atoms with Gasteiger partial charge in [0.25, 0.3) is 5.91 Å².